The summed E-state index contributed by atoms with van der Waals surface area (Å²) in [6.45, 7) is 2.10. The molecule has 1 aliphatic rings. The summed E-state index contributed by atoms with van der Waals surface area (Å²) >= 11 is 5.87. The van der Waals surface area contributed by atoms with Gasteiger partial charge in [-0.3, -0.25) is 0 Å². The van der Waals surface area contributed by atoms with E-state index in [0.29, 0.717) is 0 Å². The van der Waals surface area contributed by atoms with Crippen LogP contribution in [0.2, 0.25) is 0 Å². The Morgan fingerprint density at radius 2 is 2.44 bits per heavy atom. The van der Waals surface area contributed by atoms with E-state index in [1.165, 1.54) is 5.57 Å². The molecule has 0 nitrogen and oxygen atoms in total. The van der Waals surface area contributed by atoms with Gasteiger partial charge in [-0.2, -0.15) is 0 Å². The summed E-state index contributed by atoms with van der Waals surface area (Å²) < 4.78 is 0. The van der Waals surface area contributed by atoms with Gasteiger partial charge in [-0.15, -0.1) is 11.6 Å². The van der Waals surface area contributed by atoms with Gasteiger partial charge in [0.2, 0.25) is 0 Å². The zero-order chi connectivity index (χ0) is 6.69. The Hall–Kier alpha value is -0.230. The van der Waals surface area contributed by atoms with Crippen molar-refractivity contribution in [2.45, 2.75) is 25.1 Å². The van der Waals surface area contributed by atoms with Gasteiger partial charge in [-0.1, -0.05) is 23.8 Å². The van der Waals surface area contributed by atoms with Gasteiger partial charge in [0.05, 0.1) is 5.38 Å². The first-order valence-corrected chi connectivity index (χ1v) is 3.72. The van der Waals surface area contributed by atoms with Gasteiger partial charge in [0, 0.05) is 0 Å². The standard InChI is InChI=1S/C8H11Cl/c1-7-3-2-4-8(9)6-5-7/h3,5-6,8H,2,4H2,1H3. The van der Waals surface area contributed by atoms with Gasteiger partial charge in [-0.25, -0.2) is 0 Å². The Morgan fingerprint density at radius 3 is 3.22 bits per heavy atom. The van der Waals surface area contributed by atoms with Crippen LogP contribution in [0.25, 0.3) is 0 Å². The third-order valence-corrected chi connectivity index (χ3v) is 1.84. The predicted molar refractivity (Wildman–Crippen MR) is 41.8 cm³/mol. The van der Waals surface area contributed by atoms with E-state index in [-0.39, 0.29) is 5.38 Å². The van der Waals surface area contributed by atoms with Gasteiger partial charge in [0.1, 0.15) is 0 Å². The van der Waals surface area contributed by atoms with Crippen LogP contribution in [0, 0.1) is 0 Å². The molecule has 0 aliphatic heterocycles. The SMILES string of the molecule is CC1=CCCC(Cl)C=C1. The number of rotatable bonds is 0. The lowest BCUT2D eigenvalue weighted by Crippen LogP contribution is -1.88. The highest BCUT2D eigenvalue weighted by Crippen LogP contribution is 2.14. The van der Waals surface area contributed by atoms with Crippen LogP contribution in [0.1, 0.15) is 19.8 Å². The van der Waals surface area contributed by atoms with Crippen molar-refractivity contribution in [1.82, 2.24) is 0 Å². The van der Waals surface area contributed by atoms with E-state index in [2.05, 4.69) is 25.2 Å². The molecule has 9 heavy (non-hydrogen) atoms. The summed E-state index contributed by atoms with van der Waals surface area (Å²) in [5.74, 6) is 0. The first-order chi connectivity index (χ1) is 4.29. The molecule has 0 aromatic rings. The summed E-state index contributed by atoms with van der Waals surface area (Å²) in [5, 5.41) is 0.249. The van der Waals surface area contributed by atoms with Gasteiger partial charge >= 0.3 is 0 Å². The fraction of sp³-hybridized carbons (Fsp3) is 0.500. The molecule has 0 N–H and O–H groups in total. The van der Waals surface area contributed by atoms with Crippen LogP contribution in [0.4, 0.5) is 0 Å². The van der Waals surface area contributed by atoms with Gasteiger partial charge < -0.3 is 0 Å². The Morgan fingerprint density at radius 1 is 1.67 bits per heavy atom. The second-order valence-electron chi connectivity index (χ2n) is 2.40. The van der Waals surface area contributed by atoms with Crippen LogP contribution < -0.4 is 0 Å². The molecule has 1 atom stereocenters. The van der Waals surface area contributed by atoms with E-state index in [9.17, 15) is 0 Å². The second-order valence-corrected chi connectivity index (χ2v) is 2.96. The third kappa shape index (κ3) is 2.23. The van der Waals surface area contributed by atoms with Crippen molar-refractivity contribution in [2.24, 2.45) is 0 Å². The Labute approximate surface area is 61.2 Å². The van der Waals surface area contributed by atoms with E-state index < -0.39 is 0 Å². The molecule has 0 radical (unpaired) electrons. The minimum atomic E-state index is 0.249. The number of halogens is 1. The van der Waals surface area contributed by atoms with E-state index in [0.717, 1.165) is 12.8 Å². The average molecular weight is 143 g/mol. The maximum Gasteiger partial charge on any atom is 0.0522 e. The molecule has 0 amide bonds. The second kappa shape index (κ2) is 3.07. The molecule has 0 fully saturated rings. The summed E-state index contributed by atoms with van der Waals surface area (Å²) in [6, 6.07) is 0. The molecule has 0 aromatic carbocycles. The van der Waals surface area contributed by atoms with Crippen molar-refractivity contribution in [3.8, 4) is 0 Å². The van der Waals surface area contributed by atoms with Gasteiger partial charge in [-0.05, 0) is 19.8 Å². The van der Waals surface area contributed by atoms with Crippen LogP contribution >= 0.6 is 11.6 Å². The van der Waals surface area contributed by atoms with Gasteiger partial charge in [0.25, 0.3) is 0 Å². The Bertz CT molecular complexity index is 145. The van der Waals surface area contributed by atoms with Crippen molar-refractivity contribution in [2.75, 3.05) is 0 Å². The highest BCUT2D eigenvalue weighted by Gasteiger charge is 2.00. The molecule has 0 spiro atoms. The first-order valence-electron chi connectivity index (χ1n) is 3.28. The summed E-state index contributed by atoms with van der Waals surface area (Å²) in [7, 11) is 0. The lowest BCUT2D eigenvalue weighted by molar-refractivity contribution is 0.881. The molecule has 1 aliphatic carbocycles. The highest BCUT2D eigenvalue weighted by molar-refractivity contribution is 6.21. The lowest BCUT2D eigenvalue weighted by Gasteiger charge is -1.95. The van der Waals surface area contributed by atoms with E-state index in [4.69, 9.17) is 11.6 Å². The molecule has 1 unspecified atom stereocenters. The largest absolute Gasteiger partial charge is 0.118 e. The van der Waals surface area contributed by atoms with Crippen LogP contribution in [0.3, 0.4) is 0 Å². The smallest absolute Gasteiger partial charge is 0.0522 e. The molecular weight excluding hydrogens is 132 g/mol. The van der Waals surface area contributed by atoms with Crippen molar-refractivity contribution < 1.29 is 0 Å². The van der Waals surface area contributed by atoms with E-state index >= 15 is 0 Å². The maximum absolute atomic E-state index is 5.87. The molecule has 0 bridgehead atoms. The predicted octanol–water partition coefficient (Wildman–Crippen LogP) is 2.89. The quantitative estimate of drug-likeness (QED) is 0.457. The number of hydrogen-bond acceptors (Lipinski definition) is 0. The maximum atomic E-state index is 5.87. The number of alkyl halides is 1. The molecule has 1 heteroatoms. The minimum Gasteiger partial charge on any atom is -0.118 e. The summed E-state index contributed by atoms with van der Waals surface area (Å²) in [6.07, 6.45) is 8.56. The number of hydrogen-bond donors (Lipinski definition) is 0. The monoisotopic (exact) mass is 142 g/mol. The van der Waals surface area contributed by atoms with Crippen molar-refractivity contribution in [1.29, 1.82) is 0 Å². The third-order valence-electron chi connectivity index (χ3n) is 1.48. The molecule has 0 saturated heterocycles. The van der Waals surface area contributed by atoms with Crippen molar-refractivity contribution in [3.05, 3.63) is 23.8 Å². The molecule has 0 heterocycles. The van der Waals surface area contributed by atoms with Crippen LogP contribution in [0.5, 0.6) is 0 Å². The Balaban J connectivity index is 2.58. The first kappa shape index (κ1) is 6.88. The molecular formula is C8H11Cl. The zero-order valence-electron chi connectivity index (χ0n) is 5.60. The number of allylic oxidation sites excluding steroid dienone is 4. The van der Waals surface area contributed by atoms with Gasteiger partial charge in [0.15, 0.2) is 0 Å². The van der Waals surface area contributed by atoms with Crippen LogP contribution in [-0.4, -0.2) is 5.38 Å². The van der Waals surface area contributed by atoms with Crippen molar-refractivity contribution >= 4 is 11.6 Å². The molecule has 0 aromatic heterocycles. The van der Waals surface area contributed by atoms with E-state index in [1.54, 1.807) is 0 Å². The topological polar surface area (TPSA) is 0 Å². The molecule has 50 valence electrons. The zero-order valence-corrected chi connectivity index (χ0v) is 6.36. The Kier molecular flexibility index (Phi) is 2.35. The fourth-order valence-corrected chi connectivity index (χ4v) is 1.09. The lowest BCUT2D eigenvalue weighted by atomic mass is 10.2. The normalized spacial score (nSPS) is 27.3. The van der Waals surface area contributed by atoms with E-state index in [1.807, 2.05) is 0 Å². The van der Waals surface area contributed by atoms with Crippen LogP contribution in [-0.2, 0) is 0 Å². The fourth-order valence-electron chi connectivity index (χ4n) is 0.891. The summed E-state index contributed by atoms with van der Waals surface area (Å²) in [5.41, 5.74) is 1.33. The average Bonchev–Trinajstić information content (AvgIpc) is 1.97. The van der Waals surface area contributed by atoms with Crippen LogP contribution in [0.15, 0.2) is 23.8 Å². The summed E-state index contributed by atoms with van der Waals surface area (Å²) in [4.78, 5) is 0. The van der Waals surface area contributed by atoms with Crippen molar-refractivity contribution in [3.63, 3.8) is 0 Å². The molecule has 0 saturated carbocycles. The molecule has 1 rings (SSSR count). The highest BCUT2D eigenvalue weighted by atomic mass is 35.5. The minimum absolute atomic E-state index is 0.249.